The first-order valence-electron chi connectivity index (χ1n) is 6.02. The van der Waals surface area contributed by atoms with Crippen molar-refractivity contribution in [2.75, 3.05) is 12.0 Å². The molecule has 0 amide bonds. The molecule has 0 fully saturated rings. The van der Waals surface area contributed by atoms with Crippen LogP contribution in [-0.2, 0) is 0 Å². The van der Waals surface area contributed by atoms with E-state index in [9.17, 15) is 0 Å². The van der Waals surface area contributed by atoms with Gasteiger partial charge in [0.2, 0.25) is 5.88 Å². The highest BCUT2D eigenvalue weighted by molar-refractivity contribution is 5.42. The second kappa shape index (κ2) is 6.55. The number of nitrogens with two attached hydrogens (primary N) is 1. The minimum absolute atomic E-state index is 0.350. The van der Waals surface area contributed by atoms with Gasteiger partial charge in [0.1, 0.15) is 0 Å². The van der Waals surface area contributed by atoms with Crippen molar-refractivity contribution < 1.29 is 9.47 Å². The molecule has 0 aliphatic rings. The smallest absolute Gasteiger partial charge is 0.240 e. The minimum Gasteiger partial charge on any atom is -0.490 e. The maximum atomic E-state index is 5.65. The molecule has 2 aromatic rings. The van der Waals surface area contributed by atoms with Crippen LogP contribution in [0.25, 0.3) is 0 Å². The zero-order chi connectivity index (χ0) is 13.5. The fourth-order valence-corrected chi connectivity index (χ4v) is 1.45. The SMILES string of the molecule is CCCOc1ccccc1Oc1cncc(NN)n1. The molecule has 0 unspecified atom stereocenters. The van der Waals surface area contributed by atoms with Gasteiger partial charge in [0.15, 0.2) is 17.3 Å². The number of para-hydroxylation sites is 2. The summed E-state index contributed by atoms with van der Waals surface area (Å²) in [5, 5.41) is 0. The van der Waals surface area contributed by atoms with Crippen molar-refractivity contribution in [3.05, 3.63) is 36.7 Å². The van der Waals surface area contributed by atoms with E-state index < -0.39 is 0 Å². The Morgan fingerprint density at radius 3 is 2.74 bits per heavy atom. The molecule has 0 bridgehead atoms. The molecule has 6 nitrogen and oxygen atoms in total. The van der Waals surface area contributed by atoms with Gasteiger partial charge >= 0.3 is 0 Å². The maximum absolute atomic E-state index is 5.65. The molecule has 0 atom stereocenters. The molecule has 0 spiro atoms. The Hall–Kier alpha value is -2.34. The van der Waals surface area contributed by atoms with E-state index in [0.717, 1.165) is 6.42 Å². The van der Waals surface area contributed by atoms with Gasteiger partial charge in [0.25, 0.3) is 0 Å². The number of aromatic nitrogens is 2. The van der Waals surface area contributed by atoms with Gasteiger partial charge in [-0.3, -0.25) is 4.98 Å². The number of rotatable bonds is 6. The number of hydrogen-bond donors (Lipinski definition) is 2. The van der Waals surface area contributed by atoms with Crippen LogP contribution in [0.15, 0.2) is 36.7 Å². The van der Waals surface area contributed by atoms with Crippen LogP contribution in [0.4, 0.5) is 5.82 Å². The predicted octanol–water partition coefficient (Wildman–Crippen LogP) is 2.34. The molecule has 0 aliphatic heterocycles. The van der Waals surface area contributed by atoms with E-state index in [2.05, 4.69) is 15.4 Å². The average molecular weight is 260 g/mol. The van der Waals surface area contributed by atoms with E-state index in [1.165, 1.54) is 12.4 Å². The van der Waals surface area contributed by atoms with Gasteiger partial charge in [-0.25, -0.2) is 5.84 Å². The zero-order valence-corrected chi connectivity index (χ0v) is 10.7. The summed E-state index contributed by atoms with van der Waals surface area (Å²) < 4.78 is 11.3. The average Bonchev–Trinajstić information content (AvgIpc) is 2.46. The van der Waals surface area contributed by atoms with Gasteiger partial charge in [-0.1, -0.05) is 19.1 Å². The summed E-state index contributed by atoms with van der Waals surface area (Å²) in [6.45, 7) is 2.68. The Bertz CT molecular complexity index is 534. The summed E-state index contributed by atoms with van der Waals surface area (Å²) >= 11 is 0. The summed E-state index contributed by atoms with van der Waals surface area (Å²) in [6.07, 6.45) is 3.95. The third-order valence-corrected chi connectivity index (χ3v) is 2.29. The fourth-order valence-electron chi connectivity index (χ4n) is 1.45. The molecule has 0 radical (unpaired) electrons. The van der Waals surface area contributed by atoms with Crippen LogP contribution in [0.2, 0.25) is 0 Å². The summed E-state index contributed by atoms with van der Waals surface area (Å²) in [7, 11) is 0. The van der Waals surface area contributed by atoms with Crippen molar-refractivity contribution in [1.29, 1.82) is 0 Å². The number of nitrogens with one attached hydrogen (secondary N) is 1. The summed E-state index contributed by atoms with van der Waals surface area (Å²) in [5.41, 5.74) is 2.42. The van der Waals surface area contributed by atoms with E-state index in [1.54, 1.807) is 0 Å². The molecular formula is C13H16N4O2. The molecule has 1 heterocycles. The molecule has 3 N–H and O–H groups in total. The molecule has 100 valence electrons. The van der Waals surface area contributed by atoms with Gasteiger partial charge in [-0.15, -0.1) is 0 Å². The van der Waals surface area contributed by atoms with E-state index in [1.807, 2.05) is 31.2 Å². The Balaban J connectivity index is 2.17. The van der Waals surface area contributed by atoms with Crippen LogP contribution >= 0.6 is 0 Å². The molecular weight excluding hydrogens is 244 g/mol. The number of hydrazine groups is 1. The maximum Gasteiger partial charge on any atom is 0.240 e. The number of benzene rings is 1. The van der Waals surface area contributed by atoms with Crippen molar-refractivity contribution in [2.45, 2.75) is 13.3 Å². The highest BCUT2D eigenvalue weighted by Gasteiger charge is 2.07. The molecule has 19 heavy (non-hydrogen) atoms. The van der Waals surface area contributed by atoms with Crippen molar-refractivity contribution in [3.8, 4) is 17.4 Å². The lowest BCUT2D eigenvalue weighted by atomic mass is 10.3. The van der Waals surface area contributed by atoms with E-state index in [4.69, 9.17) is 15.3 Å². The van der Waals surface area contributed by atoms with Gasteiger partial charge in [0.05, 0.1) is 19.0 Å². The number of hydrogen-bond acceptors (Lipinski definition) is 6. The molecule has 6 heteroatoms. The fraction of sp³-hybridized carbons (Fsp3) is 0.231. The van der Waals surface area contributed by atoms with Crippen molar-refractivity contribution >= 4 is 5.82 Å². The van der Waals surface area contributed by atoms with Gasteiger partial charge < -0.3 is 14.9 Å². The Morgan fingerprint density at radius 1 is 1.21 bits per heavy atom. The molecule has 0 saturated carbocycles. The molecule has 1 aromatic heterocycles. The Morgan fingerprint density at radius 2 is 2.00 bits per heavy atom. The molecule has 0 aliphatic carbocycles. The van der Waals surface area contributed by atoms with E-state index in [0.29, 0.717) is 29.8 Å². The quantitative estimate of drug-likeness (QED) is 0.612. The van der Waals surface area contributed by atoms with Crippen molar-refractivity contribution in [3.63, 3.8) is 0 Å². The predicted molar refractivity (Wildman–Crippen MR) is 72.1 cm³/mol. The van der Waals surface area contributed by atoms with Crippen LogP contribution in [-0.4, -0.2) is 16.6 Å². The largest absolute Gasteiger partial charge is 0.490 e. The summed E-state index contributed by atoms with van der Waals surface area (Å²) in [4.78, 5) is 8.10. The van der Waals surface area contributed by atoms with Crippen molar-refractivity contribution in [1.82, 2.24) is 9.97 Å². The van der Waals surface area contributed by atoms with Crippen LogP contribution in [0, 0.1) is 0 Å². The number of ether oxygens (including phenoxy) is 2. The lowest BCUT2D eigenvalue weighted by molar-refractivity contribution is 0.300. The first-order valence-corrected chi connectivity index (χ1v) is 6.02. The van der Waals surface area contributed by atoms with Gasteiger partial charge in [0, 0.05) is 0 Å². The minimum atomic E-state index is 0.350. The topological polar surface area (TPSA) is 82.3 Å². The summed E-state index contributed by atoms with van der Waals surface area (Å²) in [6, 6.07) is 7.42. The molecule has 2 rings (SSSR count). The Kier molecular flexibility index (Phi) is 4.52. The second-order valence-corrected chi connectivity index (χ2v) is 3.78. The Labute approximate surface area is 111 Å². The van der Waals surface area contributed by atoms with Gasteiger partial charge in [-0.05, 0) is 18.6 Å². The molecule has 0 saturated heterocycles. The van der Waals surface area contributed by atoms with Crippen LogP contribution < -0.4 is 20.7 Å². The third kappa shape index (κ3) is 3.56. The first kappa shape index (κ1) is 13.1. The normalized spacial score (nSPS) is 10.0. The number of nitrogens with zero attached hydrogens (tertiary/aromatic N) is 2. The number of anilines is 1. The van der Waals surface area contributed by atoms with E-state index in [-0.39, 0.29) is 0 Å². The highest BCUT2D eigenvalue weighted by atomic mass is 16.5. The zero-order valence-electron chi connectivity index (χ0n) is 10.7. The van der Waals surface area contributed by atoms with Crippen LogP contribution in [0.1, 0.15) is 13.3 Å². The third-order valence-electron chi connectivity index (χ3n) is 2.29. The standard InChI is InChI=1S/C13H16N4O2/c1-2-7-18-10-5-3-4-6-11(10)19-13-9-15-8-12(16-13)17-14/h3-6,8-9H,2,7,14H2,1H3,(H,16,17). The van der Waals surface area contributed by atoms with Crippen molar-refractivity contribution in [2.24, 2.45) is 5.84 Å². The highest BCUT2D eigenvalue weighted by Crippen LogP contribution is 2.30. The van der Waals surface area contributed by atoms with Crippen LogP contribution in [0.5, 0.6) is 17.4 Å². The monoisotopic (exact) mass is 260 g/mol. The lowest BCUT2D eigenvalue weighted by Crippen LogP contribution is -2.09. The van der Waals surface area contributed by atoms with E-state index >= 15 is 0 Å². The second-order valence-electron chi connectivity index (χ2n) is 3.78. The van der Waals surface area contributed by atoms with Gasteiger partial charge in [-0.2, -0.15) is 4.98 Å². The first-order chi connectivity index (χ1) is 9.33. The summed E-state index contributed by atoms with van der Waals surface area (Å²) in [5.74, 6) is 7.33. The van der Waals surface area contributed by atoms with Crippen LogP contribution in [0.3, 0.4) is 0 Å². The molecule has 1 aromatic carbocycles. The number of nitrogen functional groups attached to an aromatic ring is 1. The lowest BCUT2D eigenvalue weighted by Gasteiger charge is -2.11.